The molecule has 0 bridgehead atoms. The van der Waals surface area contributed by atoms with Gasteiger partial charge in [-0.2, -0.15) is 4.98 Å². The fraction of sp³-hybridized carbons (Fsp3) is 0.636. The van der Waals surface area contributed by atoms with Crippen molar-refractivity contribution in [2.24, 2.45) is 0 Å². The zero-order valence-corrected chi connectivity index (χ0v) is 11.6. The van der Waals surface area contributed by atoms with E-state index in [2.05, 4.69) is 20.6 Å². The van der Waals surface area contributed by atoms with Crippen molar-refractivity contribution in [1.29, 1.82) is 0 Å². The first kappa shape index (κ1) is 14.0. The van der Waals surface area contributed by atoms with E-state index in [9.17, 15) is 5.11 Å². The smallest absolute Gasteiger partial charge is 0.224 e. The molecule has 0 fully saturated rings. The molecular weight excluding hydrogens is 240 g/mol. The van der Waals surface area contributed by atoms with Gasteiger partial charge in [0.1, 0.15) is 5.02 Å². The van der Waals surface area contributed by atoms with Crippen LogP contribution < -0.4 is 10.6 Å². The van der Waals surface area contributed by atoms with Crippen molar-refractivity contribution >= 4 is 23.4 Å². The van der Waals surface area contributed by atoms with Crippen LogP contribution in [0.5, 0.6) is 0 Å². The Bertz CT molecular complexity index is 401. The van der Waals surface area contributed by atoms with Crippen LogP contribution in [0.2, 0.25) is 5.02 Å². The molecule has 0 aliphatic carbocycles. The molecule has 1 aromatic heterocycles. The average Bonchev–Trinajstić information content (AvgIpc) is 2.19. The molecule has 6 heteroatoms. The maximum absolute atomic E-state index is 10.1. The highest BCUT2D eigenvalue weighted by molar-refractivity contribution is 6.32. The van der Waals surface area contributed by atoms with Gasteiger partial charge in [0.2, 0.25) is 5.95 Å². The Hall–Kier alpha value is -1.07. The lowest BCUT2D eigenvalue weighted by Gasteiger charge is -2.38. The summed E-state index contributed by atoms with van der Waals surface area (Å²) in [6.45, 7) is 7.22. The van der Waals surface area contributed by atoms with Crippen molar-refractivity contribution in [2.75, 3.05) is 17.7 Å². The zero-order valence-electron chi connectivity index (χ0n) is 10.8. The monoisotopic (exact) mass is 258 g/mol. The molecule has 1 rings (SSSR count). The van der Waals surface area contributed by atoms with Crippen LogP contribution in [0.25, 0.3) is 0 Å². The summed E-state index contributed by atoms with van der Waals surface area (Å²) in [5.74, 6) is 0.974. The lowest BCUT2D eigenvalue weighted by Crippen LogP contribution is -2.51. The standard InChI is InChI=1S/C11H19ClN4O/c1-10(2,11(3,4)17)16-8-7(12)6-14-9(13-5)15-8/h6,17H,1-5H3,(H2,13,14,15,16). The predicted octanol–water partition coefficient (Wildman–Crippen LogP) is 2.13. The van der Waals surface area contributed by atoms with E-state index in [0.29, 0.717) is 16.8 Å². The first-order valence-corrected chi connectivity index (χ1v) is 5.76. The Labute approximate surface area is 107 Å². The third-order valence-electron chi connectivity index (χ3n) is 2.93. The molecule has 0 aliphatic rings. The Morgan fingerprint density at radius 2 is 1.88 bits per heavy atom. The van der Waals surface area contributed by atoms with Gasteiger partial charge in [-0.3, -0.25) is 0 Å². The minimum absolute atomic E-state index is 0.418. The Morgan fingerprint density at radius 1 is 1.29 bits per heavy atom. The molecular formula is C11H19ClN4O. The summed E-state index contributed by atoms with van der Waals surface area (Å²) < 4.78 is 0. The summed E-state index contributed by atoms with van der Waals surface area (Å²) in [5, 5.41) is 16.4. The molecule has 0 unspecified atom stereocenters. The lowest BCUT2D eigenvalue weighted by atomic mass is 9.86. The molecule has 0 saturated heterocycles. The number of nitrogens with zero attached hydrogens (tertiary/aromatic N) is 2. The van der Waals surface area contributed by atoms with Crippen LogP contribution in [0.15, 0.2) is 6.20 Å². The van der Waals surface area contributed by atoms with Crippen molar-refractivity contribution in [3.8, 4) is 0 Å². The van der Waals surface area contributed by atoms with Crippen molar-refractivity contribution in [2.45, 2.75) is 38.8 Å². The largest absolute Gasteiger partial charge is 0.388 e. The van der Waals surface area contributed by atoms with Crippen LogP contribution in [-0.4, -0.2) is 33.3 Å². The molecule has 0 saturated carbocycles. The molecule has 17 heavy (non-hydrogen) atoms. The molecule has 1 aromatic rings. The maximum atomic E-state index is 10.1. The van der Waals surface area contributed by atoms with E-state index in [1.165, 1.54) is 6.20 Å². The summed E-state index contributed by atoms with van der Waals surface area (Å²) in [4.78, 5) is 8.21. The van der Waals surface area contributed by atoms with Crippen molar-refractivity contribution in [3.63, 3.8) is 0 Å². The predicted molar refractivity (Wildman–Crippen MR) is 70.6 cm³/mol. The summed E-state index contributed by atoms with van der Waals surface area (Å²) in [7, 11) is 1.73. The number of hydrogen-bond acceptors (Lipinski definition) is 5. The first-order chi connectivity index (χ1) is 7.67. The van der Waals surface area contributed by atoms with E-state index in [0.717, 1.165) is 0 Å². The van der Waals surface area contributed by atoms with Gasteiger partial charge in [-0.05, 0) is 27.7 Å². The number of halogens is 1. The van der Waals surface area contributed by atoms with Gasteiger partial charge < -0.3 is 15.7 Å². The second-order valence-electron chi connectivity index (χ2n) is 4.95. The maximum Gasteiger partial charge on any atom is 0.224 e. The molecule has 0 spiro atoms. The first-order valence-electron chi connectivity index (χ1n) is 5.38. The third kappa shape index (κ3) is 3.20. The van der Waals surface area contributed by atoms with Crippen LogP contribution in [0.1, 0.15) is 27.7 Å². The molecule has 3 N–H and O–H groups in total. The molecule has 0 radical (unpaired) electrons. The van der Waals surface area contributed by atoms with Gasteiger partial charge in [0.05, 0.1) is 17.3 Å². The molecule has 0 aliphatic heterocycles. The molecule has 1 heterocycles. The van der Waals surface area contributed by atoms with Crippen LogP contribution in [-0.2, 0) is 0 Å². The molecule has 96 valence electrons. The Kier molecular flexibility index (Phi) is 3.84. The number of rotatable bonds is 4. The third-order valence-corrected chi connectivity index (χ3v) is 3.20. The Balaban J connectivity index is 3.02. The van der Waals surface area contributed by atoms with Gasteiger partial charge in [0.25, 0.3) is 0 Å². The van der Waals surface area contributed by atoms with E-state index >= 15 is 0 Å². The fourth-order valence-electron chi connectivity index (χ4n) is 1.02. The van der Waals surface area contributed by atoms with Crippen molar-refractivity contribution in [3.05, 3.63) is 11.2 Å². The highest BCUT2D eigenvalue weighted by Gasteiger charge is 2.35. The van der Waals surface area contributed by atoms with Gasteiger partial charge in [0.15, 0.2) is 5.82 Å². The average molecular weight is 259 g/mol. The van der Waals surface area contributed by atoms with Crippen molar-refractivity contribution in [1.82, 2.24) is 9.97 Å². The summed E-state index contributed by atoms with van der Waals surface area (Å²) in [5.41, 5.74) is -1.49. The number of aromatic nitrogens is 2. The lowest BCUT2D eigenvalue weighted by molar-refractivity contribution is 0.0239. The van der Waals surface area contributed by atoms with Crippen LogP contribution in [0, 0.1) is 0 Å². The topological polar surface area (TPSA) is 70.1 Å². The van der Waals surface area contributed by atoms with Crippen molar-refractivity contribution < 1.29 is 5.11 Å². The van der Waals surface area contributed by atoms with Gasteiger partial charge in [-0.1, -0.05) is 11.6 Å². The van der Waals surface area contributed by atoms with Crippen LogP contribution in [0.3, 0.4) is 0 Å². The van der Waals surface area contributed by atoms with E-state index < -0.39 is 11.1 Å². The highest BCUT2D eigenvalue weighted by Crippen LogP contribution is 2.28. The number of aliphatic hydroxyl groups is 1. The minimum atomic E-state index is -0.916. The number of nitrogens with one attached hydrogen (secondary N) is 2. The zero-order chi connectivity index (χ0) is 13.3. The Morgan fingerprint density at radius 3 is 2.35 bits per heavy atom. The molecule has 0 atom stereocenters. The quantitative estimate of drug-likeness (QED) is 0.772. The van der Waals surface area contributed by atoms with Gasteiger partial charge in [-0.25, -0.2) is 4.98 Å². The molecule has 5 nitrogen and oxygen atoms in total. The van der Waals surface area contributed by atoms with E-state index in [4.69, 9.17) is 11.6 Å². The fourth-order valence-corrected chi connectivity index (χ4v) is 1.16. The minimum Gasteiger partial charge on any atom is -0.388 e. The highest BCUT2D eigenvalue weighted by atomic mass is 35.5. The second-order valence-corrected chi connectivity index (χ2v) is 5.36. The summed E-state index contributed by atoms with van der Waals surface area (Å²) in [6, 6.07) is 0. The number of hydrogen-bond donors (Lipinski definition) is 3. The normalized spacial score (nSPS) is 12.4. The summed E-state index contributed by atoms with van der Waals surface area (Å²) >= 11 is 6.01. The van der Waals surface area contributed by atoms with Crippen LogP contribution >= 0.6 is 11.6 Å². The molecule has 0 aromatic carbocycles. The van der Waals surface area contributed by atoms with E-state index in [-0.39, 0.29) is 0 Å². The van der Waals surface area contributed by atoms with Gasteiger partial charge in [0, 0.05) is 7.05 Å². The second kappa shape index (κ2) is 4.66. The molecule has 0 amide bonds. The van der Waals surface area contributed by atoms with Gasteiger partial charge >= 0.3 is 0 Å². The van der Waals surface area contributed by atoms with Gasteiger partial charge in [-0.15, -0.1) is 0 Å². The van der Waals surface area contributed by atoms with E-state index in [1.54, 1.807) is 20.9 Å². The van der Waals surface area contributed by atoms with E-state index in [1.807, 2.05) is 13.8 Å². The summed E-state index contributed by atoms with van der Waals surface area (Å²) in [6.07, 6.45) is 1.52. The SMILES string of the molecule is CNc1ncc(Cl)c(NC(C)(C)C(C)(C)O)n1. The number of anilines is 2. The van der Waals surface area contributed by atoms with Crippen LogP contribution in [0.4, 0.5) is 11.8 Å².